The minimum absolute atomic E-state index is 0.0832. The molecule has 0 bridgehead atoms. The van der Waals surface area contributed by atoms with E-state index in [4.69, 9.17) is 16.7 Å². The average Bonchev–Trinajstić information content (AvgIpc) is 2.44. The van der Waals surface area contributed by atoms with E-state index in [-0.39, 0.29) is 9.36 Å². The quantitative estimate of drug-likeness (QED) is 0.786. The fourth-order valence-electron chi connectivity index (χ4n) is 1.28. The Kier molecular flexibility index (Phi) is 2.42. The minimum Gasteiger partial charge on any atom is -0.225 e. The summed E-state index contributed by atoms with van der Waals surface area (Å²) in [6, 6.07) is 0. The standard InChI is InChI=1S/C7H6ClN3O2S2/c1-3-4-5(8)10-2-11-6(4)14-7(3)15(9,12)13/h2H,1H3,(H2,9,12,13). The van der Waals surface area contributed by atoms with E-state index in [9.17, 15) is 8.42 Å². The average molecular weight is 264 g/mol. The Balaban J connectivity index is 2.94. The summed E-state index contributed by atoms with van der Waals surface area (Å²) in [4.78, 5) is 8.25. The highest BCUT2D eigenvalue weighted by atomic mass is 35.5. The summed E-state index contributed by atoms with van der Waals surface area (Å²) in [6.07, 6.45) is 1.29. The molecule has 0 atom stereocenters. The molecule has 0 amide bonds. The van der Waals surface area contributed by atoms with Crippen molar-refractivity contribution in [2.75, 3.05) is 0 Å². The molecule has 2 aromatic heterocycles. The molecule has 0 aliphatic heterocycles. The Hall–Kier alpha value is -0.760. The van der Waals surface area contributed by atoms with Crippen molar-refractivity contribution in [3.8, 4) is 0 Å². The van der Waals surface area contributed by atoms with Gasteiger partial charge in [0.2, 0.25) is 10.0 Å². The molecule has 0 aliphatic rings. The highest BCUT2D eigenvalue weighted by Crippen LogP contribution is 2.34. The number of nitrogens with zero attached hydrogens (tertiary/aromatic N) is 2. The van der Waals surface area contributed by atoms with E-state index in [0.717, 1.165) is 11.3 Å². The summed E-state index contributed by atoms with van der Waals surface area (Å²) >= 11 is 6.84. The first-order chi connectivity index (χ1) is 6.91. The molecule has 8 heteroatoms. The zero-order valence-corrected chi connectivity index (χ0v) is 9.95. The van der Waals surface area contributed by atoms with Crippen LogP contribution in [0.25, 0.3) is 10.2 Å². The van der Waals surface area contributed by atoms with Crippen molar-refractivity contribution < 1.29 is 8.42 Å². The van der Waals surface area contributed by atoms with Gasteiger partial charge in [-0.05, 0) is 12.5 Å². The second-order valence-corrected chi connectivity index (χ2v) is 6.02. The largest absolute Gasteiger partial charge is 0.247 e. The molecule has 5 nitrogen and oxygen atoms in total. The van der Waals surface area contributed by atoms with Crippen LogP contribution in [0.15, 0.2) is 10.5 Å². The van der Waals surface area contributed by atoms with E-state index in [1.54, 1.807) is 6.92 Å². The smallest absolute Gasteiger partial charge is 0.225 e. The number of halogens is 1. The number of nitrogens with two attached hydrogens (primary N) is 1. The molecular weight excluding hydrogens is 258 g/mol. The molecule has 0 saturated heterocycles. The fraction of sp³-hybridized carbons (Fsp3) is 0.143. The van der Waals surface area contributed by atoms with Gasteiger partial charge in [0.25, 0.3) is 0 Å². The Morgan fingerprint density at radius 2 is 2.13 bits per heavy atom. The molecule has 0 aromatic carbocycles. The topological polar surface area (TPSA) is 85.9 Å². The Bertz CT molecular complexity index is 635. The molecule has 2 heterocycles. The van der Waals surface area contributed by atoms with E-state index in [0.29, 0.717) is 15.8 Å². The van der Waals surface area contributed by atoms with Crippen molar-refractivity contribution in [1.29, 1.82) is 0 Å². The van der Waals surface area contributed by atoms with Gasteiger partial charge in [-0.3, -0.25) is 0 Å². The molecule has 0 saturated carbocycles. The Morgan fingerprint density at radius 3 is 2.67 bits per heavy atom. The van der Waals surface area contributed by atoms with Crippen LogP contribution < -0.4 is 5.14 Å². The summed E-state index contributed by atoms with van der Waals surface area (Å²) in [5, 5.41) is 5.85. The third kappa shape index (κ3) is 1.71. The number of hydrogen-bond donors (Lipinski definition) is 1. The number of aromatic nitrogens is 2. The van der Waals surface area contributed by atoms with E-state index in [1.807, 2.05) is 0 Å². The first-order valence-electron chi connectivity index (χ1n) is 3.83. The fourth-order valence-corrected chi connectivity index (χ4v) is 3.72. The SMILES string of the molecule is Cc1c(S(N)(=O)=O)sc2ncnc(Cl)c12. The third-order valence-electron chi connectivity index (χ3n) is 1.90. The highest BCUT2D eigenvalue weighted by molar-refractivity contribution is 7.91. The van der Waals surface area contributed by atoms with Gasteiger partial charge in [0.1, 0.15) is 20.5 Å². The number of thiophene rings is 1. The number of fused-ring (bicyclic) bond motifs is 1. The summed E-state index contributed by atoms with van der Waals surface area (Å²) in [5.74, 6) is 0. The molecule has 15 heavy (non-hydrogen) atoms. The van der Waals surface area contributed by atoms with Gasteiger partial charge in [-0.1, -0.05) is 11.6 Å². The Labute approximate surface area is 95.0 Å². The highest BCUT2D eigenvalue weighted by Gasteiger charge is 2.20. The van der Waals surface area contributed by atoms with Crippen LogP contribution in [-0.4, -0.2) is 18.4 Å². The normalized spacial score (nSPS) is 12.2. The molecule has 2 aromatic rings. The Morgan fingerprint density at radius 1 is 1.47 bits per heavy atom. The molecule has 0 unspecified atom stereocenters. The number of sulfonamides is 1. The lowest BCUT2D eigenvalue weighted by Gasteiger charge is -1.95. The van der Waals surface area contributed by atoms with Crippen LogP contribution in [-0.2, 0) is 10.0 Å². The second-order valence-electron chi connectivity index (χ2n) is 2.90. The van der Waals surface area contributed by atoms with Crippen LogP contribution in [0.5, 0.6) is 0 Å². The maximum atomic E-state index is 11.2. The van der Waals surface area contributed by atoms with Crippen molar-refractivity contribution in [3.05, 3.63) is 17.0 Å². The van der Waals surface area contributed by atoms with E-state index in [2.05, 4.69) is 9.97 Å². The van der Waals surface area contributed by atoms with Gasteiger partial charge in [0, 0.05) is 0 Å². The van der Waals surface area contributed by atoms with Gasteiger partial charge in [-0.15, -0.1) is 11.3 Å². The number of aryl methyl sites for hydroxylation is 1. The minimum atomic E-state index is -3.72. The summed E-state index contributed by atoms with van der Waals surface area (Å²) < 4.78 is 22.5. The van der Waals surface area contributed by atoms with Crippen molar-refractivity contribution in [2.45, 2.75) is 11.1 Å². The lowest BCUT2D eigenvalue weighted by Crippen LogP contribution is -2.11. The molecule has 0 aliphatic carbocycles. The number of primary sulfonamides is 1. The van der Waals surface area contributed by atoms with Crippen LogP contribution in [0, 0.1) is 6.92 Å². The van der Waals surface area contributed by atoms with Crippen LogP contribution in [0.4, 0.5) is 0 Å². The predicted octanol–water partition coefficient (Wildman–Crippen LogP) is 1.30. The van der Waals surface area contributed by atoms with Crippen molar-refractivity contribution in [2.24, 2.45) is 5.14 Å². The molecule has 0 fully saturated rings. The molecule has 2 rings (SSSR count). The maximum absolute atomic E-state index is 11.2. The third-order valence-corrected chi connectivity index (χ3v) is 4.95. The molecule has 0 radical (unpaired) electrons. The zero-order chi connectivity index (χ0) is 11.2. The van der Waals surface area contributed by atoms with Crippen molar-refractivity contribution >= 4 is 43.2 Å². The molecular formula is C7H6ClN3O2S2. The number of hydrogen-bond acceptors (Lipinski definition) is 5. The van der Waals surface area contributed by atoms with Crippen molar-refractivity contribution in [1.82, 2.24) is 9.97 Å². The van der Waals surface area contributed by atoms with Gasteiger partial charge in [0.05, 0.1) is 5.39 Å². The van der Waals surface area contributed by atoms with Gasteiger partial charge in [-0.2, -0.15) is 0 Å². The lowest BCUT2D eigenvalue weighted by molar-refractivity contribution is 0.599. The first-order valence-corrected chi connectivity index (χ1v) is 6.57. The maximum Gasteiger partial charge on any atom is 0.247 e. The monoisotopic (exact) mass is 263 g/mol. The van der Waals surface area contributed by atoms with Crippen LogP contribution in [0.2, 0.25) is 5.15 Å². The van der Waals surface area contributed by atoms with Crippen molar-refractivity contribution in [3.63, 3.8) is 0 Å². The van der Waals surface area contributed by atoms with Gasteiger partial charge in [0.15, 0.2) is 0 Å². The molecule has 80 valence electrons. The summed E-state index contributed by atoms with van der Waals surface area (Å²) in [5.41, 5.74) is 0.503. The van der Waals surface area contributed by atoms with Gasteiger partial charge < -0.3 is 0 Å². The first kappa shape index (κ1) is 10.7. The van der Waals surface area contributed by atoms with E-state index >= 15 is 0 Å². The van der Waals surface area contributed by atoms with E-state index in [1.165, 1.54) is 6.33 Å². The van der Waals surface area contributed by atoms with E-state index < -0.39 is 10.0 Å². The summed E-state index contributed by atoms with van der Waals surface area (Å²) in [7, 11) is -3.72. The lowest BCUT2D eigenvalue weighted by atomic mass is 10.3. The summed E-state index contributed by atoms with van der Waals surface area (Å²) in [6.45, 7) is 1.63. The zero-order valence-electron chi connectivity index (χ0n) is 7.56. The second kappa shape index (κ2) is 3.38. The molecule has 2 N–H and O–H groups in total. The van der Waals surface area contributed by atoms with Gasteiger partial charge >= 0.3 is 0 Å². The predicted molar refractivity (Wildman–Crippen MR) is 58.5 cm³/mol. The van der Waals surface area contributed by atoms with Crippen LogP contribution in [0.1, 0.15) is 5.56 Å². The van der Waals surface area contributed by atoms with Gasteiger partial charge in [-0.25, -0.2) is 23.5 Å². The number of rotatable bonds is 1. The molecule has 0 spiro atoms. The van der Waals surface area contributed by atoms with Crippen LogP contribution in [0.3, 0.4) is 0 Å². The van der Waals surface area contributed by atoms with Crippen LogP contribution >= 0.6 is 22.9 Å².